The molecule has 1 fully saturated rings. The van der Waals surface area contributed by atoms with Gasteiger partial charge in [-0.1, -0.05) is 0 Å². The zero-order chi connectivity index (χ0) is 10.5. The second-order valence-electron chi connectivity index (χ2n) is 3.25. The first kappa shape index (κ1) is 9.86. The number of nitrogens with zero attached hydrogens (tertiary/aromatic N) is 1. The van der Waals surface area contributed by atoms with Gasteiger partial charge in [-0.2, -0.15) is 0 Å². The van der Waals surface area contributed by atoms with Crippen LogP contribution in [0.1, 0.15) is 6.92 Å². The molecule has 14 heavy (non-hydrogen) atoms. The summed E-state index contributed by atoms with van der Waals surface area (Å²) >= 11 is 7.27. The van der Waals surface area contributed by atoms with E-state index in [9.17, 15) is 9.59 Å². The summed E-state index contributed by atoms with van der Waals surface area (Å²) in [6, 6.07) is 0. The van der Waals surface area contributed by atoms with Crippen molar-refractivity contribution >= 4 is 35.2 Å². The second-order valence-corrected chi connectivity index (χ2v) is 4.82. The van der Waals surface area contributed by atoms with Gasteiger partial charge in [-0.3, -0.25) is 9.69 Å². The van der Waals surface area contributed by atoms with Gasteiger partial charge in [-0.05, 0) is 12.5 Å². The summed E-state index contributed by atoms with van der Waals surface area (Å²) in [5.74, 6) is -0.732. The highest BCUT2D eigenvalue weighted by Crippen LogP contribution is 2.42. The average Bonchev–Trinajstić information content (AvgIpc) is 2.15. The molecule has 1 saturated heterocycles. The van der Waals surface area contributed by atoms with E-state index in [1.54, 1.807) is 6.92 Å². The van der Waals surface area contributed by atoms with Gasteiger partial charge >= 0.3 is 5.97 Å². The molecule has 0 unspecified atom stereocenters. The summed E-state index contributed by atoms with van der Waals surface area (Å²) < 4.78 is 0. The predicted octanol–water partition coefficient (Wildman–Crippen LogP) is 0.867. The molecule has 1 amide bonds. The molecule has 0 aromatic rings. The van der Waals surface area contributed by atoms with Crippen LogP contribution in [0.2, 0.25) is 0 Å². The van der Waals surface area contributed by atoms with Gasteiger partial charge in [0.05, 0.1) is 0 Å². The molecule has 1 N–H and O–H groups in total. The van der Waals surface area contributed by atoms with Gasteiger partial charge in [0.1, 0.15) is 16.4 Å². The quantitative estimate of drug-likeness (QED) is 0.539. The monoisotopic (exact) mass is 233 g/mol. The predicted molar refractivity (Wildman–Crippen MR) is 53.1 cm³/mol. The van der Waals surface area contributed by atoms with Crippen LogP contribution in [0.25, 0.3) is 0 Å². The maximum atomic E-state index is 11.3. The molecule has 2 aliphatic rings. The van der Waals surface area contributed by atoms with Crippen molar-refractivity contribution in [2.45, 2.75) is 17.7 Å². The van der Waals surface area contributed by atoms with Gasteiger partial charge in [0.15, 0.2) is 0 Å². The zero-order valence-corrected chi connectivity index (χ0v) is 8.93. The first-order valence-corrected chi connectivity index (χ1v) is 5.54. The number of carbonyl (C=O) groups excluding carboxylic acids is 1. The number of alkyl halides is 1. The molecule has 76 valence electrons. The van der Waals surface area contributed by atoms with E-state index in [1.165, 1.54) is 16.7 Å². The molecule has 2 heterocycles. The Morgan fingerprint density at radius 1 is 1.71 bits per heavy atom. The highest BCUT2D eigenvalue weighted by molar-refractivity contribution is 8.00. The standard InChI is InChI=1S/C8H8ClNO3S/c1-3-2-14-7-4(9)6(11)10(7)5(3)8(12)13/h4,7H,2H2,1H3,(H,12,13)/t4-,7+/m0/s1. The minimum atomic E-state index is -1.05. The second kappa shape index (κ2) is 3.17. The van der Waals surface area contributed by atoms with Crippen molar-refractivity contribution in [2.75, 3.05) is 5.75 Å². The van der Waals surface area contributed by atoms with E-state index in [1.807, 2.05) is 0 Å². The van der Waals surface area contributed by atoms with Crippen LogP contribution in [0.15, 0.2) is 11.3 Å². The molecule has 2 aliphatic heterocycles. The third-order valence-corrected chi connectivity index (χ3v) is 4.30. The molecule has 0 saturated carbocycles. The number of amides is 1. The summed E-state index contributed by atoms with van der Waals surface area (Å²) in [5, 5.41) is 8.17. The lowest BCUT2D eigenvalue weighted by Gasteiger charge is -2.46. The minimum absolute atomic E-state index is 0.107. The fraction of sp³-hybridized carbons (Fsp3) is 0.500. The number of fused-ring (bicyclic) bond motifs is 1. The van der Waals surface area contributed by atoms with E-state index in [0.717, 1.165) is 5.57 Å². The summed E-state index contributed by atoms with van der Waals surface area (Å²) in [7, 11) is 0. The Kier molecular flexibility index (Phi) is 2.23. The molecule has 0 radical (unpaired) electrons. The summed E-state index contributed by atoms with van der Waals surface area (Å²) in [6.07, 6.45) is 0. The van der Waals surface area contributed by atoms with Crippen molar-refractivity contribution in [1.82, 2.24) is 4.90 Å². The van der Waals surface area contributed by atoms with Crippen LogP contribution in [0.5, 0.6) is 0 Å². The number of β-lactam (4-membered cyclic amide) rings is 1. The fourth-order valence-electron chi connectivity index (χ4n) is 1.60. The number of thioether (sulfide) groups is 1. The number of halogens is 1. The van der Waals surface area contributed by atoms with Crippen molar-refractivity contribution in [3.8, 4) is 0 Å². The molecule has 0 bridgehead atoms. The first-order valence-electron chi connectivity index (χ1n) is 4.06. The lowest BCUT2D eigenvalue weighted by molar-refractivity contribution is -0.145. The Morgan fingerprint density at radius 2 is 2.36 bits per heavy atom. The van der Waals surface area contributed by atoms with Crippen LogP contribution >= 0.6 is 23.4 Å². The maximum absolute atomic E-state index is 11.3. The van der Waals surface area contributed by atoms with Gasteiger partial charge in [0, 0.05) is 5.75 Å². The molecule has 4 nitrogen and oxygen atoms in total. The Labute approximate surface area is 89.9 Å². The SMILES string of the molecule is CC1=C(C(=O)O)N2C(=O)[C@H](Cl)[C@H]2SC1. The van der Waals surface area contributed by atoms with Crippen molar-refractivity contribution < 1.29 is 14.7 Å². The Balaban J connectivity index is 2.37. The van der Waals surface area contributed by atoms with E-state index in [0.29, 0.717) is 5.75 Å². The van der Waals surface area contributed by atoms with Gasteiger partial charge in [0.2, 0.25) is 5.91 Å². The summed E-state index contributed by atoms with van der Waals surface area (Å²) in [4.78, 5) is 23.5. The molecule has 0 aromatic heterocycles. The van der Waals surface area contributed by atoms with Gasteiger partial charge in [-0.25, -0.2) is 4.79 Å². The van der Waals surface area contributed by atoms with E-state index < -0.39 is 11.3 Å². The Morgan fingerprint density at radius 3 is 2.93 bits per heavy atom. The molecule has 0 aliphatic carbocycles. The van der Waals surface area contributed by atoms with Crippen molar-refractivity contribution in [3.63, 3.8) is 0 Å². The number of carbonyl (C=O) groups is 2. The number of carboxylic acids is 1. The lowest BCUT2D eigenvalue weighted by atomic mass is 10.1. The van der Waals surface area contributed by atoms with E-state index in [-0.39, 0.29) is 17.0 Å². The molecule has 2 atom stereocenters. The number of hydrogen-bond donors (Lipinski definition) is 1. The fourth-order valence-corrected chi connectivity index (χ4v) is 3.23. The highest BCUT2D eigenvalue weighted by atomic mass is 35.5. The van der Waals surface area contributed by atoms with Crippen LogP contribution in [-0.2, 0) is 9.59 Å². The van der Waals surface area contributed by atoms with Gasteiger partial charge in [-0.15, -0.1) is 23.4 Å². The number of aliphatic carboxylic acids is 1. The topological polar surface area (TPSA) is 57.6 Å². The smallest absolute Gasteiger partial charge is 0.352 e. The Bertz CT molecular complexity index is 354. The molecule has 6 heteroatoms. The zero-order valence-electron chi connectivity index (χ0n) is 7.36. The largest absolute Gasteiger partial charge is 0.477 e. The molecular weight excluding hydrogens is 226 g/mol. The number of hydrogen-bond acceptors (Lipinski definition) is 3. The van der Waals surface area contributed by atoms with E-state index in [4.69, 9.17) is 16.7 Å². The molecule has 0 spiro atoms. The van der Waals surface area contributed by atoms with E-state index >= 15 is 0 Å². The third kappa shape index (κ3) is 1.15. The van der Waals surface area contributed by atoms with Crippen molar-refractivity contribution in [2.24, 2.45) is 0 Å². The van der Waals surface area contributed by atoms with Gasteiger partial charge in [0.25, 0.3) is 0 Å². The van der Waals surface area contributed by atoms with Crippen LogP contribution < -0.4 is 0 Å². The lowest BCUT2D eigenvalue weighted by Crippen LogP contribution is -2.62. The highest BCUT2D eigenvalue weighted by Gasteiger charge is 2.52. The number of rotatable bonds is 1. The van der Waals surface area contributed by atoms with Crippen molar-refractivity contribution in [3.05, 3.63) is 11.3 Å². The van der Waals surface area contributed by atoms with Gasteiger partial charge < -0.3 is 5.11 Å². The molecular formula is C8H8ClNO3S. The third-order valence-electron chi connectivity index (χ3n) is 2.30. The summed E-state index contributed by atoms with van der Waals surface area (Å²) in [6.45, 7) is 1.72. The number of carboxylic acid groups (broad SMARTS) is 1. The minimum Gasteiger partial charge on any atom is -0.477 e. The van der Waals surface area contributed by atoms with Crippen LogP contribution in [-0.4, -0.2) is 38.4 Å². The van der Waals surface area contributed by atoms with Crippen molar-refractivity contribution in [1.29, 1.82) is 0 Å². The normalized spacial score (nSPS) is 31.3. The average molecular weight is 234 g/mol. The molecule has 0 aromatic carbocycles. The van der Waals surface area contributed by atoms with Crippen LogP contribution in [0.4, 0.5) is 0 Å². The molecule has 2 rings (SSSR count). The van der Waals surface area contributed by atoms with E-state index in [2.05, 4.69) is 0 Å². The maximum Gasteiger partial charge on any atom is 0.352 e. The van der Waals surface area contributed by atoms with Crippen LogP contribution in [0.3, 0.4) is 0 Å². The van der Waals surface area contributed by atoms with Crippen LogP contribution in [0, 0.1) is 0 Å². The summed E-state index contributed by atoms with van der Waals surface area (Å²) in [5.41, 5.74) is 0.825. The Hall–Kier alpha value is -0.680. The first-order chi connectivity index (χ1) is 6.54.